The predicted octanol–water partition coefficient (Wildman–Crippen LogP) is 3.28. The van der Waals surface area contributed by atoms with E-state index < -0.39 is 0 Å². The Morgan fingerprint density at radius 2 is 1.93 bits per heavy atom. The monoisotopic (exact) mass is 200 g/mol. The van der Waals surface area contributed by atoms with Crippen molar-refractivity contribution in [1.29, 1.82) is 0 Å². The number of fused-ring (bicyclic) bond motifs is 1. The van der Waals surface area contributed by atoms with Crippen LogP contribution in [0.4, 0.5) is 0 Å². The lowest BCUT2D eigenvalue weighted by atomic mass is 9.85. The molecule has 0 saturated heterocycles. The largest absolute Gasteiger partial charge is 0.289 e. The maximum Gasteiger partial charge on any atom is 0.189 e. The Labute approximate surface area is 90.8 Å². The van der Waals surface area contributed by atoms with Crippen LogP contribution in [0.2, 0.25) is 0 Å². The summed E-state index contributed by atoms with van der Waals surface area (Å²) in [7, 11) is 0. The Kier molecular flexibility index (Phi) is 2.07. The molecule has 1 aliphatic carbocycles. The SMILES string of the molecule is C=C1Cc2ccc(C(C)(C)C)cc2C1=O. The van der Waals surface area contributed by atoms with Gasteiger partial charge in [-0.15, -0.1) is 0 Å². The van der Waals surface area contributed by atoms with E-state index in [4.69, 9.17) is 0 Å². The standard InChI is InChI=1S/C14H16O/c1-9-7-10-5-6-11(14(2,3)4)8-12(10)13(9)15/h5-6,8H,1,7H2,2-4H3. The summed E-state index contributed by atoms with van der Waals surface area (Å²) in [5, 5.41) is 0. The number of benzene rings is 1. The van der Waals surface area contributed by atoms with Crippen LogP contribution in [-0.2, 0) is 11.8 Å². The molecule has 1 aromatic carbocycles. The van der Waals surface area contributed by atoms with Gasteiger partial charge in [0.2, 0.25) is 0 Å². The van der Waals surface area contributed by atoms with Crippen molar-refractivity contribution in [2.75, 3.05) is 0 Å². The molecule has 0 radical (unpaired) electrons. The van der Waals surface area contributed by atoms with Crippen LogP contribution in [0.3, 0.4) is 0 Å². The van der Waals surface area contributed by atoms with Crippen LogP contribution in [0.5, 0.6) is 0 Å². The number of ketones is 1. The van der Waals surface area contributed by atoms with Crippen LogP contribution in [0.15, 0.2) is 30.4 Å². The summed E-state index contributed by atoms with van der Waals surface area (Å²) in [5.41, 5.74) is 4.00. The summed E-state index contributed by atoms with van der Waals surface area (Å²) >= 11 is 0. The summed E-state index contributed by atoms with van der Waals surface area (Å²) in [6.07, 6.45) is 0.721. The van der Waals surface area contributed by atoms with Gasteiger partial charge >= 0.3 is 0 Å². The van der Waals surface area contributed by atoms with E-state index in [1.54, 1.807) is 0 Å². The Morgan fingerprint density at radius 1 is 1.27 bits per heavy atom. The van der Waals surface area contributed by atoms with Crippen molar-refractivity contribution in [2.24, 2.45) is 0 Å². The Morgan fingerprint density at radius 3 is 2.53 bits per heavy atom. The number of carbonyl (C=O) groups excluding carboxylic acids is 1. The fourth-order valence-corrected chi connectivity index (χ4v) is 1.91. The molecule has 0 bridgehead atoms. The van der Waals surface area contributed by atoms with Crippen LogP contribution >= 0.6 is 0 Å². The van der Waals surface area contributed by atoms with Crippen molar-refractivity contribution in [1.82, 2.24) is 0 Å². The first-order valence-corrected chi connectivity index (χ1v) is 5.25. The van der Waals surface area contributed by atoms with Crippen molar-refractivity contribution < 1.29 is 4.79 Å². The van der Waals surface area contributed by atoms with Crippen LogP contribution in [0.1, 0.15) is 42.3 Å². The average molecular weight is 200 g/mol. The molecule has 0 aromatic heterocycles. The van der Waals surface area contributed by atoms with Crippen LogP contribution in [0.25, 0.3) is 0 Å². The van der Waals surface area contributed by atoms with E-state index >= 15 is 0 Å². The molecule has 1 aromatic rings. The van der Waals surface area contributed by atoms with Crippen molar-refractivity contribution in [2.45, 2.75) is 32.6 Å². The molecule has 0 spiro atoms. The second-order valence-corrected chi connectivity index (χ2v) is 5.23. The summed E-state index contributed by atoms with van der Waals surface area (Å²) in [6, 6.07) is 6.20. The normalized spacial score (nSPS) is 15.7. The van der Waals surface area contributed by atoms with Gasteiger partial charge in [-0.3, -0.25) is 4.79 Å². The molecule has 78 valence electrons. The van der Waals surface area contributed by atoms with E-state index in [1.807, 2.05) is 6.07 Å². The highest BCUT2D eigenvalue weighted by Gasteiger charge is 2.25. The molecule has 0 N–H and O–H groups in total. The highest BCUT2D eigenvalue weighted by Crippen LogP contribution is 2.30. The number of allylic oxidation sites excluding steroid dienone is 1. The van der Waals surface area contributed by atoms with Crippen LogP contribution in [0, 0.1) is 0 Å². The van der Waals surface area contributed by atoms with Gasteiger partial charge in [0.25, 0.3) is 0 Å². The highest BCUT2D eigenvalue weighted by molar-refractivity contribution is 6.12. The first-order valence-electron chi connectivity index (χ1n) is 5.25. The minimum atomic E-state index is 0.0965. The minimum absolute atomic E-state index is 0.0965. The molecule has 0 aliphatic heterocycles. The smallest absolute Gasteiger partial charge is 0.189 e. The Balaban J connectivity index is 2.54. The van der Waals surface area contributed by atoms with Gasteiger partial charge in [0.15, 0.2) is 5.78 Å². The van der Waals surface area contributed by atoms with Gasteiger partial charge in [-0.2, -0.15) is 0 Å². The van der Waals surface area contributed by atoms with E-state index in [0.29, 0.717) is 0 Å². The van der Waals surface area contributed by atoms with Gasteiger partial charge in [-0.05, 0) is 28.2 Å². The molecule has 0 unspecified atom stereocenters. The number of hydrogen-bond donors (Lipinski definition) is 0. The number of hydrogen-bond acceptors (Lipinski definition) is 1. The van der Waals surface area contributed by atoms with E-state index in [-0.39, 0.29) is 11.2 Å². The zero-order chi connectivity index (χ0) is 11.2. The molecule has 0 amide bonds. The first kappa shape index (κ1) is 10.2. The molecule has 1 heteroatoms. The third-order valence-electron chi connectivity index (χ3n) is 2.95. The summed E-state index contributed by atoms with van der Waals surface area (Å²) in [5.74, 6) is 0.121. The van der Waals surface area contributed by atoms with Crippen LogP contribution < -0.4 is 0 Å². The lowest BCUT2D eigenvalue weighted by Crippen LogP contribution is -2.11. The number of rotatable bonds is 0. The fraction of sp³-hybridized carbons (Fsp3) is 0.357. The molecular formula is C14H16O. The van der Waals surface area contributed by atoms with E-state index in [2.05, 4.69) is 39.5 Å². The molecule has 2 rings (SSSR count). The van der Waals surface area contributed by atoms with Crippen molar-refractivity contribution in [3.8, 4) is 0 Å². The molecule has 0 atom stereocenters. The quantitative estimate of drug-likeness (QED) is 0.587. The summed E-state index contributed by atoms with van der Waals surface area (Å²) in [6.45, 7) is 10.3. The molecular weight excluding hydrogens is 184 g/mol. The predicted molar refractivity (Wildman–Crippen MR) is 62.3 cm³/mol. The fourth-order valence-electron chi connectivity index (χ4n) is 1.91. The molecule has 1 aliphatic rings. The maximum atomic E-state index is 11.8. The van der Waals surface area contributed by atoms with Gasteiger partial charge in [-0.25, -0.2) is 0 Å². The van der Waals surface area contributed by atoms with Gasteiger partial charge in [0, 0.05) is 12.0 Å². The Hall–Kier alpha value is -1.37. The van der Waals surface area contributed by atoms with Gasteiger partial charge in [0.05, 0.1) is 0 Å². The third-order valence-corrected chi connectivity index (χ3v) is 2.95. The van der Waals surface area contributed by atoms with Gasteiger partial charge < -0.3 is 0 Å². The molecule has 0 saturated carbocycles. The lowest BCUT2D eigenvalue weighted by Gasteiger charge is -2.19. The van der Waals surface area contributed by atoms with Gasteiger partial charge in [0.1, 0.15) is 0 Å². The van der Waals surface area contributed by atoms with E-state index in [9.17, 15) is 4.79 Å². The highest BCUT2D eigenvalue weighted by atomic mass is 16.1. The summed E-state index contributed by atoms with van der Waals surface area (Å²) in [4.78, 5) is 11.8. The first-order chi connectivity index (χ1) is 6.89. The third kappa shape index (κ3) is 1.63. The zero-order valence-corrected chi connectivity index (χ0v) is 9.55. The molecule has 15 heavy (non-hydrogen) atoms. The lowest BCUT2D eigenvalue weighted by molar-refractivity contribution is 0.104. The van der Waals surface area contributed by atoms with Gasteiger partial charge in [-0.1, -0.05) is 39.5 Å². The zero-order valence-electron chi connectivity index (χ0n) is 9.55. The van der Waals surface area contributed by atoms with E-state index in [0.717, 1.165) is 23.1 Å². The van der Waals surface area contributed by atoms with Crippen LogP contribution in [-0.4, -0.2) is 5.78 Å². The molecule has 0 fully saturated rings. The number of Topliss-reactive ketones (excluding diaryl/α,β-unsaturated/α-hetero) is 1. The maximum absolute atomic E-state index is 11.8. The van der Waals surface area contributed by atoms with Crippen molar-refractivity contribution in [3.63, 3.8) is 0 Å². The average Bonchev–Trinajstić information content (AvgIpc) is 2.41. The number of carbonyl (C=O) groups is 1. The van der Waals surface area contributed by atoms with E-state index in [1.165, 1.54) is 5.56 Å². The van der Waals surface area contributed by atoms with Crippen molar-refractivity contribution in [3.05, 3.63) is 47.0 Å². The Bertz CT molecular complexity index is 447. The van der Waals surface area contributed by atoms with Crippen molar-refractivity contribution >= 4 is 5.78 Å². The minimum Gasteiger partial charge on any atom is -0.289 e. The second kappa shape index (κ2) is 3.06. The molecule has 0 heterocycles. The molecule has 1 nitrogen and oxygen atoms in total. The summed E-state index contributed by atoms with van der Waals surface area (Å²) < 4.78 is 0. The topological polar surface area (TPSA) is 17.1 Å². The second-order valence-electron chi connectivity index (χ2n) is 5.23.